The first-order valence-electron chi connectivity index (χ1n) is 5.41. The summed E-state index contributed by atoms with van der Waals surface area (Å²) < 4.78 is 5.89. The largest absolute Gasteiger partial charge is 0.320 e. The normalized spacial score (nSPS) is 23.7. The first-order chi connectivity index (χ1) is 6.65. The van der Waals surface area contributed by atoms with E-state index in [4.69, 9.17) is 10.3 Å². The zero-order chi connectivity index (χ0) is 11.9. The molecule has 0 aromatic rings. The van der Waals surface area contributed by atoms with Gasteiger partial charge in [-0.25, -0.2) is 5.06 Å². The molecule has 0 bridgehead atoms. The lowest BCUT2D eigenvalue weighted by Gasteiger charge is -2.38. The fourth-order valence-electron chi connectivity index (χ4n) is 1.18. The highest BCUT2D eigenvalue weighted by Gasteiger charge is 2.42. The molecule has 0 aliphatic carbocycles. The lowest BCUT2D eigenvalue weighted by atomic mass is 10.2. The molecule has 0 unspecified atom stereocenters. The van der Waals surface area contributed by atoms with E-state index >= 15 is 0 Å². The number of carbonyl (C=O) groups is 1. The Morgan fingerprint density at radius 2 is 2.00 bits per heavy atom. The third-order valence-electron chi connectivity index (χ3n) is 3.35. The molecule has 4 nitrogen and oxygen atoms in total. The first-order valence-corrected chi connectivity index (χ1v) is 8.32. The molecule has 1 amide bonds. The lowest BCUT2D eigenvalue weighted by Crippen LogP contribution is -2.48. The van der Waals surface area contributed by atoms with Crippen molar-refractivity contribution in [3.8, 4) is 0 Å². The van der Waals surface area contributed by atoms with E-state index in [0.29, 0.717) is 13.0 Å². The van der Waals surface area contributed by atoms with Crippen LogP contribution in [0.15, 0.2) is 0 Å². The number of hydroxylamine groups is 2. The standard InChI is InChI=1S/C10H22N2O2Si/c1-10(2,3)15(4,5)14-12-7-6-8(11)9(12)13/h8H,6-7,11H2,1-5H3/t8-/m1/s1. The highest BCUT2D eigenvalue weighted by Crippen LogP contribution is 2.37. The molecule has 0 spiro atoms. The summed E-state index contributed by atoms with van der Waals surface area (Å²) in [4.78, 5) is 11.6. The van der Waals surface area contributed by atoms with E-state index in [9.17, 15) is 4.79 Å². The van der Waals surface area contributed by atoms with Crippen molar-refractivity contribution >= 4 is 14.2 Å². The zero-order valence-electron chi connectivity index (χ0n) is 10.3. The van der Waals surface area contributed by atoms with Gasteiger partial charge in [-0.05, 0) is 24.6 Å². The van der Waals surface area contributed by atoms with E-state index in [1.807, 2.05) is 0 Å². The Morgan fingerprint density at radius 1 is 1.47 bits per heavy atom. The van der Waals surface area contributed by atoms with Gasteiger partial charge < -0.3 is 10.3 Å². The van der Waals surface area contributed by atoms with Gasteiger partial charge in [-0.15, -0.1) is 0 Å². The van der Waals surface area contributed by atoms with Crippen molar-refractivity contribution in [3.05, 3.63) is 0 Å². The fourth-order valence-corrected chi connectivity index (χ4v) is 2.18. The topological polar surface area (TPSA) is 55.6 Å². The van der Waals surface area contributed by atoms with Gasteiger partial charge in [-0.1, -0.05) is 20.8 Å². The zero-order valence-corrected chi connectivity index (χ0v) is 11.3. The number of amides is 1. The van der Waals surface area contributed by atoms with Crippen LogP contribution in [0.25, 0.3) is 0 Å². The number of rotatable bonds is 2. The van der Waals surface area contributed by atoms with Crippen LogP contribution in [0.2, 0.25) is 18.1 Å². The second-order valence-electron chi connectivity index (χ2n) is 5.69. The molecule has 0 saturated carbocycles. The van der Waals surface area contributed by atoms with Gasteiger partial charge in [0.2, 0.25) is 8.32 Å². The Kier molecular flexibility index (Phi) is 3.28. The van der Waals surface area contributed by atoms with Crippen molar-refractivity contribution in [1.29, 1.82) is 0 Å². The molecule has 1 aliphatic rings. The van der Waals surface area contributed by atoms with Gasteiger partial charge in [0.25, 0.3) is 5.91 Å². The van der Waals surface area contributed by atoms with Crippen LogP contribution in [0.5, 0.6) is 0 Å². The van der Waals surface area contributed by atoms with Crippen LogP contribution in [0.3, 0.4) is 0 Å². The van der Waals surface area contributed by atoms with Gasteiger partial charge in [0.05, 0.1) is 6.04 Å². The summed E-state index contributed by atoms with van der Waals surface area (Å²) in [6, 6.07) is -0.366. The molecule has 0 radical (unpaired) electrons. The summed E-state index contributed by atoms with van der Waals surface area (Å²) in [5, 5.41) is 1.59. The van der Waals surface area contributed by atoms with Gasteiger partial charge in [-0.3, -0.25) is 4.79 Å². The second kappa shape index (κ2) is 3.88. The van der Waals surface area contributed by atoms with Gasteiger partial charge >= 0.3 is 0 Å². The minimum absolute atomic E-state index is 0.0696. The minimum Gasteiger partial charge on any atom is -0.320 e. The van der Waals surface area contributed by atoms with Crippen LogP contribution in [0, 0.1) is 0 Å². The van der Waals surface area contributed by atoms with E-state index in [2.05, 4.69) is 33.9 Å². The molecule has 88 valence electrons. The first kappa shape index (κ1) is 12.7. The lowest BCUT2D eigenvalue weighted by molar-refractivity contribution is -0.153. The quantitative estimate of drug-likeness (QED) is 0.731. The highest BCUT2D eigenvalue weighted by atomic mass is 28.4. The molecule has 1 aliphatic heterocycles. The molecule has 5 heteroatoms. The smallest absolute Gasteiger partial charge is 0.262 e. The van der Waals surface area contributed by atoms with E-state index in [-0.39, 0.29) is 17.0 Å². The summed E-state index contributed by atoms with van der Waals surface area (Å²) >= 11 is 0. The number of hydrogen-bond donors (Lipinski definition) is 1. The van der Waals surface area contributed by atoms with Crippen LogP contribution in [-0.4, -0.2) is 31.9 Å². The van der Waals surface area contributed by atoms with Gasteiger partial charge in [0, 0.05) is 6.54 Å². The molecule has 1 saturated heterocycles. The monoisotopic (exact) mass is 230 g/mol. The average Bonchev–Trinajstić information content (AvgIpc) is 2.33. The summed E-state index contributed by atoms with van der Waals surface area (Å²) in [7, 11) is -1.89. The van der Waals surface area contributed by atoms with Crippen LogP contribution in [-0.2, 0) is 9.32 Å². The Bertz CT molecular complexity index is 261. The Labute approximate surface area is 92.9 Å². The SMILES string of the molecule is CC(C)(C)[Si](C)(C)ON1CC[C@@H](N)C1=O. The summed E-state index contributed by atoms with van der Waals surface area (Å²) in [5.74, 6) is -0.0696. The second-order valence-corrected chi connectivity index (χ2v) is 10.4. The van der Waals surface area contributed by atoms with Gasteiger partial charge in [-0.2, -0.15) is 0 Å². The molecule has 1 heterocycles. The maximum absolute atomic E-state index is 11.6. The molecular formula is C10H22N2O2Si. The average molecular weight is 230 g/mol. The van der Waals surface area contributed by atoms with Crippen molar-refractivity contribution in [1.82, 2.24) is 5.06 Å². The van der Waals surface area contributed by atoms with Crippen molar-refractivity contribution in [2.75, 3.05) is 6.54 Å². The van der Waals surface area contributed by atoms with Gasteiger partial charge in [0.15, 0.2) is 0 Å². The van der Waals surface area contributed by atoms with Crippen molar-refractivity contribution in [2.24, 2.45) is 5.73 Å². The van der Waals surface area contributed by atoms with Crippen molar-refractivity contribution < 1.29 is 9.32 Å². The highest BCUT2D eigenvalue weighted by molar-refractivity contribution is 6.74. The maximum atomic E-state index is 11.6. The number of nitrogens with zero attached hydrogens (tertiary/aromatic N) is 1. The van der Waals surface area contributed by atoms with Crippen LogP contribution >= 0.6 is 0 Å². The van der Waals surface area contributed by atoms with E-state index in [1.54, 1.807) is 0 Å². The van der Waals surface area contributed by atoms with Crippen LogP contribution in [0.4, 0.5) is 0 Å². The van der Waals surface area contributed by atoms with Crippen molar-refractivity contribution in [3.63, 3.8) is 0 Å². The molecule has 2 N–H and O–H groups in total. The van der Waals surface area contributed by atoms with Crippen LogP contribution in [0.1, 0.15) is 27.2 Å². The van der Waals surface area contributed by atoms with E-state index in [0.717, 1.165) is 0 Å². The molecule has 1 fully saturated rings. The third kappa shape index (κ3) is 2.59. The summed E-state index contributed by atoms with van der Waals surface area (Å²) in [5.41, 5.74) is 5.64. The van der Waals surface area contributed by atoms with E-state index in [1.165, 1.54) is 5.06 Å². The predicted octanol–water partition coefficient (Wildman–Crippen LogP) is 1.48. The Morgan fingerprint density at radius 3 is 2.33 bits per heavy atom. The number of nitrogens with two attached hydrogens (primary N) is 1. The van der Waals surface area contributed by atoms with Crippen molar-refractivity contribution in [2.45, 2.75) is 51.4 Å². The fraction of sp³-hybridized carbons (Fsp3) is 0.900. The third-order valence-corrected chi connectivity index (χ3v) is 7.64. The Balaban J connectivity index is 2.67. The van der Waals surface area contributed by atoms with Gasteiger partial charge in [0.1, 0.15) is 0 Å². The molecule has 1 rings (SSSR count). The number of carbonyl (C=O) groups excluding carboxylic acids is 1. The Hall–Kier alpha value is -0.393. The molecular weight excluding hydrogens is 208 g/mol. The summed E-state index contributed by atoms with van der Waals surface area (Å²) in [6.45, 7) is 11.3. The molecule has 0 aromatic carbocycles. The van der Waals surface area contributed by atoms with E-state index < -0.39 is 8.32 Å². The molecule has 0 aromatic heterocycles. The van der Waals surface area contributed by atoms with Crippen LogP contribution < -0.4 is 5.73 Å². The number of hydrogen-bond acceptors (Lipinski definition) is 3. The molecule has 1 atom stereocenters. The minimum atomic E-state index is -1.89. The predicted molar refractivity (Wildman–Crippen MR) is 62.6 cm³/mol. The molecule has 15 heavy (non-hydrogen) atoms. The maximum Gasteiger partial charge on any atom is 0.262 e. The summed E-state index contributed by atoms with van der Waals surface area (Å²) in [6.07, 6.45) is 0.702.